The second-order valence-electron chi connectivity index (χ2n) is 4.35. The van der Waals surface area contributed by atoms with Crippen molar-refractivity contribution in [3.63, 3.8) is 0 Å². The van der Waals surface area contributed by atoms with Gasteiger partial charge >= 0.3 is 0 Å². The number of rotatable bonds is 4. The minimum atomic E-state index is -1.02. The van der Waals surface area contributed by atoms with Crippen LogP contribution in [0.2, 0.25) is 0 Å². The van der Waals surface area contributed by atoms with Gasteiger partial charge < -0.3 is 11.1 Å². The van der Waals surface area contributed by atoms with Gasteiger partial charge in [-0.05, 0) is 18.2 Å². The normalized spacial score (nSPS) is 10.2. The van der Waals surface area contributed by atoms with Gasteiger partial charge in [-0.15, -0.1) is 0 Å². The summed E-state index contributed by atoms with van der Waals surface area (Å²) in [6, 6.07) is 10.5. The number of thiocarbonyl (C=S) groups is 1. The highest BCUT2D eigenvalue weighted by atomic mass is 32.1. The predicted octanol–water partition coefficient (Wildman–Crippen LogP) is 2.78. The fourth-order valence-electron chi connectivity index (χ4n) is 1.86. The molecule has 6 heteroatoms. The maximum Gasteiger partial charge on any atom is 0.228 e. The van der Waals surface area contributed by atoms with Gasteiger partial charge in [0, 0.05) is 11.1 Å². The number of anilines is 1. The van der Waals surface area contributed by atoms with Crippen molar-refractivity contribution in [3.05, 3.63) is 65.2 Å². The molecular formula is C15H12F2N2OS. The van der Waals surface area contributed by atoms with Crippen LogP contribution in [-0.2, 0) is 11.2 Å². The molecule has 0 unspecified atom stereocenters. The highest BCUT2D eigenvalue weighted by molar-refractivity contribution is 7.80. The molecule has 0 aliphatic heterocycles. The summed E-state index contributed by atoms with van der Waals surface area (Å²) < 4.78 is 26.6. The lowest BCUT2D eigenvalue weighted by atomic mass is 10.1. The summed E-state index contributed by atoms with van der Waals surface area (Å²) in [6.45, 7) is 0. The van der Waals surface area contributed by atoms with Gasteiger partial charge in [0.2, 0.25) is 5.91 Å². The highest BCUT2D eigenvalue weighted by Gasteiger charge is 2.13. The van der Waals surface area contributed by atoms with Crippen LogP contribution >= 0.6 is 12.2 Å². The first-order chi connectivity index (χ1) is 9.99. The quantitative estimate of drug-likeness (QED) is 0.854. The Morgan fingerprint density at radius 1 is 1.14 bits per heavy atom. The zero-order chi connectivity index (χ0) is 15.4. The van der Waals surface area contributed by atoms with E-state index in [1.807, 2.05) is 0 Å². The van der Waals surface area contributed by atoms with Gasteiger partial charge in [-0.2, -0.15) is 0 Å². The maximum atomic E-state index is 13.5. The molecule has 0 atom stereocenters. The Balaban J connectivity index is 2.16. The maximum absolute atomic E-state index is 13.5. The van der Waals surface area contributed by atoms with Crippen LogP contribution in [0.3, 0.4) is 0 Å². The van der Waals surface area contributed by atoms with E-state index in [1.165, 1.54) is 12.1 Å². The predicted molar refractivity (Wildman–Crippen MR) is 81.0 cm³/mol. The second-order valence-corrected chi connectivity index (χ2v) is 4.79. The molecule has 108 valence electrons. The number of carbonyl (C=O) groups is 1. The third kappa shape index (κ3) is 3.61. The Kier molecular flexibility index (Phi) is 4.59. The molecule has 1 amide bonds. The summed E-state index contributed by atoms with van der Waals surface area (Å²) in [5, 5.41) is 2.59. The molecule has 0 fully saturated rings. The van der Waals surface area contributed by atoms with Gasteiger partial charge in [0.15, 0.2) is 11.6 Å². The van der Waals surface area contributed by atoms with Crippen molar-refractivity contribution in [2.75, 3.05) is 5.32 Å². The molecule has 0 aliphatic carbocycles. The average molecular weight is 306 g/mol. The Morgan fingerprint density at radius 2 is 1.86 bits per heavy atom. The fraction of sp³-hybridized carbons (Fsp3) is 0.0667. The van der Waals surface area contributed by atoms with E-state index in [0.717, 1.165) is 6.07 Å². The molecule has 0 bridgehead atoms. The van der Waals surface area contributed by atoms with E-state index in [2.05, 4.69) is 5.32 Å². The van der Waals surface area contributed by atoms with Crippen LogP contribution in [0.25, 0.3) is 0 Å². The van der Waals surface area contributed by atoms with E-state index >= 15 is 0 Å². The molecule has 2 rings (SSSR count). The smallest absolute Gasteiger partial charge is 0.228 e. The van der Waals surface area contributed by atoms with Gasteiger partial charge in [-0.25, -0.2) is 8.78 Å². The van der Waals surface area contributed by atoms with Crippen molar-refractivity contribution in [2.24, 2.45) is 5.73 Å². The number of amides is 1. The number of halogens is 2. The minimum Gasteiger partial charge on any atom is -0.389 e. The summed E-state index contributed by atoms with van der Waals surface area (Å²) in [6.07, 6.45) is -0.282. The monoisotopic (exact) mass is 306 g/mol. The number of hydrogen-bond acceptors (Lipinski definition) is 2. The van der Waals surface area contributed by atoms with E-state index < -0.39 is 17.5 Å². The van der Waals surface area contributed by atoms with Crippen LogP contribution in [-0.4, -0.2) is 10.9 Å². The zero-order valence-electron chi connectivity index (χ0n) is 10.9. The highest BCUT2D eigenvalue weighted by Crippen LogP contribution is 2.16. The number of hydrogen-bond donors (Lipinski definition) is 2. The lowest BCUT2D eigenvalue weighted by molar-refractivity contribution is -0.115. The van der Waals surface area contributed by atoms with Crippen LogP contribution in [0.1, 0.15) is 11.1 Å². The number of para-hydroxylation sites is 1. The van der Waals surface area contributed by atoms with Crippen LogP contribution in [0.4, 0.5) is 14.5 Å². The number of carbonyl (C=O) groups excluding carboxylic acids is 1. The van der Waals surface area contributed by atoms with E-state index in [0.29, 0.717) is 11.3 Å². The van der Waals surface area contributed by atoms with Gasteiger partial charge in [0.25, 0.3) is 0 Å². The number of nitrogens with two attached hydrogens (primary N) is 1. The molecule has 0 radical (unpaired) electrons. The van der Waals surface area contributed by atoms with Crippen molar-refractivity contribution in [2.45, 2.75) is 6.42 Å². The first-order valence-corrected chi connectivity index (χ1v) is 6.51. The van der Waals surface area contributed by atoms with E-state index in [1.54, 1.807) is 24.3 Å². The van der Waals surface area contributed by atoms with Crippen LogP contribution in [0.15, 0.2) is 42.5 Å². The number of benzene rings is 2. The first kappa shape index (κ1) is 15.1. The Hall–Kier alpha value is -2.34. The van der Waals surface area contributed by atoms with E-state index in [-0.39, 0.29) is 17.0 Å². The fourth-order valence-corrected chi connectivity index (χ4v) is 2.04. The molecule has 3 nitrogen and oxygen atoms in total. The van der Waals surface area contributed by atoms with Gasteiger partial charge in [-0.1, -0.05) is 36.5 Å². The molecule has 0 spiro atoms. The molecule has 0 saturated heterocycles. The molecule has 21 heavy (non-hydrogen) atoms. The Labute approximate surface area is 125 Å². The van der Waals surface area contributed by atoms with Crippen LogP contribution in [0.5, 0.6) is 0 Å². The Bertz CT molecular complexity index is 704. The molecule has 0 saturated carbocycles. The largest absolute Gasteiger partial charge is 0.389 e. The molecule has 0 aromatic heterocycles. The molecule has 2 aromatic rings. The van der Waals surface area contributed by atoms with Crippen molar-refractivity contribution in [3.8, 4) is 0 Å². The van der Waals surface area contributed by atoms with Crippen LogP contribution < -0.4 is 11.1 Å². The summed E-state index contributed by atoms with van der Waals surface area (Å²) in [7, 11) is 0. The minimum absolute atomic E-state index is 0.0136. The van der Waals surface area contributed by atoms with E-state index in [4.69, 9.17) is 18.0 Å². The summed E-state index contributed by atoms with van der Waals surface area (Å²) in [5.74, 6) is -2.48. The average Bonchev–Trinajstić information content (AvgIpc) is 2.44. The standard InChI is InChI=1S/C15H12F2N2OS/c16-11-6-3-4-9(14(11)17)8-13(20)19-12-7-2-1-5-10(12)15(18)21/h1-7H,8H2,(H2,18,21)(H,19,20). The lowest BCUT2D eigenvalue weighted by Crippen LogP contribution is -2.19. The molecule has 2 aromatic carbocycles. The zero-order valence-corrected chi connectivity index (χ0v) is 11.7. The first-order valence-electron chi connectivity index (χ1n) is 6.10. The van der Waals surface area contributed by atoms with Crippen molar-refractivity contribution in [1.82, 2.24) is 0 Å². The SMILES string of the molecule is NC(=S)c1ccccc1NC(=O)Cc1cccc(F)c1F. The van der Waals surface area contributed by atoms with E-state index in [9.17, 15) is 13.6 Å². The molecular weight excluding hydrogens is 294 g/mol. The third-order valence-electron chi connectivity index (χ3n) is 2.85. The lowest BCUT2D eigenvalue weighted by Gasteiger charge is -2.10. The Morgan fingerprint density at radius 3 is 2.57 bits per heavy atom. The second kappa shape index (κ2) is 6.41. The summed E-state index contributed by atoms with van der Waals surface area (Å²) >= 11 is 4.89. The molecule has 3 N–H and O–H groups in total. The third-order valence-corrected chi connectivity index (χ3v) is 3.07. The van der Waals surface area contributed by atoms with Gasteiger partial charge in [-0.3, -0.25) is 4.79 Å². The molecule has 0 heterocycles. The van der Waals surface area contributed by atoms with Gasteiger partial charge in [0.1, 0.15) is 4.99 Å². The van der Waals surface area contributed by atoms with Crippen molar-refractivity contribution >= 4 is 28.8 Å². The van der Waals surface area contributed by atoms with Gasteiger partial charge in [0.05, 0.1) is 12.1 Å². The van der Waals surface area contributed by atoms with Crippen molar-refractivity contribution < 1.29 is 13.6 Å². The summed E-state index contributed by atoms with van der Waals surface area (Å²) in [4.78, 5) is 12.1. The summed E-state index contributed by atoms with van der Waals surface area (Å²) in [5.41, 5.74) is 6.50. The van der Waals surface area contributed by atoms with Crippen LogP contribution in [0, 0.1) is 11.6 Å². The topological polar surface area (TPSA) is 55.1 Å². The van der Waals surface area contributed by atoms with Crippen molar-refractivity contribution in [1.29, 1.82) is 0 Å². The molecule has 0 aliphatic rings. The number of nitrogens with one attached hydrogen (secondary N) is 1.